The standard InChI is InChI=1S/C22H36N6O2/c1-3-26(4-2)20(29)18-16-28(25-24-18)19-10-11-22(19)12-14-27(15-13-22)21(30)23-17-8-6-5-7-9-17/h16-17,19H,3-15H2,1-2H3,(H,23,30). The smallest absolute Gasteiger partial charge is 0.317 e. The minimum atomic E-state index is -0.0474. The summed E-state index contributed by atoms with van der Waals surface area (Å²) in [6.45, 7) is 6.91. The van der Waals surface area contributed by atoms with E-state index in [-0.39, 0.29) is 23.4 Å². The van der Waals surface area contributed by atoms with Gasteiger partial charge in [-0.15, -0.1) is 5.10 Å². The molecule has 0 aromatic carbocycles. The SMILES string of the molecule is CCN(CC)C(=O)c1cn(C2CCC23CCN(C(=O)NC2CCCCC2)CC3)nn1. The van der Waals surface area contributed by atoms with E-state index in [1.807, 2.05) is 29.6 Å². The van der Waals surface area contributed by atoms with Crippen molar-refractivity contribution in [2.24, 2.45) is 5.41 Å². The van der Waals surface area contributed by atoms with Crippen molar-refractivity contribution in [3.63, 3.8) is 0 Å². The van der Waals surface area contributed by atoms with Gasteiger partial charge < -0.3 is 15.1 Å². The Labute approximate surface area is 179 Å². The summed E-state index contributed by atoms with van der Waals surface area (Å²) >= 11 is 0. The van der Waals surface area contributed by atoms with Crippen molar-refractivity contribution in [1.82, 2.24) is 30.1 Å². The topological polar surface area (TPSA) is 83.4 Å². The van der Waals surface area contributed by atoms with E-state index >= 15 is 0 Å². The number of urea groups is 1. The van der Waals surface area contributed by atoms with E-state index in [2.05, 4.69) is 15.6 Å². The third-order valence-corrected chi connectivity index (χ3v) is 7.70. The minimum absolute atomic E-state index is 0.0474. The van der Waals surface area contributed by atoms with E-state index in [1.54, 1.807) is 4.90 Å². The molecule has 3 amide bonds. The van der Waals surface area contributed by atoms with Gasteiger partial charge in [0.1, 0.15) is 0 Å². The number of amides is 3. The van der Waals surface area contributed by atoms with Crippen LogP contribution in [0, 0.1) is 5.41 Å². The number of carbonyl (C=O) groups is 2. The monoisotopic (exact) mass is 416 g/mol. The summed E-state index contributed by atoms with van der Waals surface area (Å²) < 4.78 is 1.91. The van der Waals surface area contributed by atoms with Gasteiger partial charge in [-0.3, -0.25) is 4.79 Å². The highest BCUT2D eigenvalue weighted by atomic mass is 16.2. The molecule has 8 nitrogen and oxygen atoms in total. The van der Waals surface area contributed by atoms with Crippen LogP contribution < -0.4 is 5.32 Å². The van der Waals surface area contributed by atoms with Crippen LogP contribution in [0.3, 0.4) is 0 Å². The zero-order chi connectivity index (χ0) is 21.1. The number of hydrogen-bond acceptors (Lipinski definition) is 4. The van der Waals surface area contributed by atoms with Gasteiger partial charge in [0.15, 0.2) is 5.69 Å². The molecule has 1 atom stereocenters. The molecule has 1 aliphatic heterocycles. The molecule has 2 saturated carbocycles. The largest absolute Gasteiger partial charge is 0.338 e. The van der Waals surface area contributed by atoms with Gasteiger partial charge in [0.2, 0.25) is 0 Å². The number of nitrogens with one attached hydrogen (secondary N) is 1. The van der Waals surface area contributed by atoms with Gasteiger partial charge in [-0.05, 0) is 57.8 Å². The first kappa shape index (κ1) is 21.1. The Morgan fingerprint density at radius 3 is 2.40 bits per heavy atom. The summed E-state index contributed by atoms with van der Waals surface area (Å²) in [5, 5.41) is 11.7. The third kappa shape index (κ3) is 4.05. The molecule has 1 unspecified atom stereocenters. The second-order valence-electron chi connectivity index (χ2n) is 9.25. The normalized spacial score (nSPS) is 23.8. The van der Waals surface area contributed by atoms with E-state index in [0.29, 0.717) is 24.8 Å². The summed E-state index contributed by atoms with van der Waals surface area (Å²) in [5.74, 6) is -0.0474. The first-order valence-electron chi connectivity index (χ1n) is 11.8. The van der Waals surface area contributed by atoms with Crippen molar-refractivity contribution >= 4 is 11.9 Å². The van der Waals surface area contributed by atoms with Crippen molar-refractivity contribution < 1.29 is 9.59 Å². The Morgan fingerprint density at radius 2 is 1.80 bits per heavy atom. The average Bonchev–Trinajstić information content (AvgIpc) is 3.23. The Balaban J connectivity index is 1.33. The van der Waals surface area contributed by atoms with E-state index < -0.39 is 0 Å². The molecule has 2 heterocycles. The lowest BCUT2D eigenvalue weighted by Gasteiger charge is -2.53. The van der Waals surface area contributed by atoms with Crippen molar-refractivity contribution in [3.8, 4) is 0 Å². The number of carbonyl (C=O) groups excluding carboxylic acids is 2. The van der Waals surface area contributed by atoms with E-state index in [0.717, 1.165) is 51.6 Å². The highest BCUT2D eigenvalue weighted by Crippen LogP contribution is 2.56. The molecule has 3 aliphatic rings. The molecule has 1 spiro atoms. The van der Waals surface area contributed by atoms with Gasteiger partial charge in [-0.25, -0.2) is 9.48 Å². The number of aromatic nitrogens is 3. The zero-order valence-corrected chi connectivity index (χ0v) is 18.5. The quantitative estimate of drug-likeness (QED) is 0.799. The van der Waals surface area contributed by atoms with Gasteiger partial charge in [0, 0.05) is 32.2 Å². The van der Waals surface area contributed by atoms with Crippen molar-refractivity contribution in [2.45, 2.75) is 83.7 Å². The van der Waals surface area contributed by atoms with Crippen LogP contribution >= 0.6 is 0 Å². The van der Waals surface area contributed by atoms with Gasteiger partial charge >= 0.3 is 6.03 Å². The molecule has 1 saturated heterocycles. The van der Waals surface area contributed by atoms with Gasteiger partial charge in [-0.1, -0.05) is 24.5 Å². The highest BCUT2D eigenvalue weighted by Gasteiger charge is 2.50. The molecular weight excluding hydrogens is 380 g/mol. The van der Waals surface area contributed by atoms with Crippen molar-refractivity contribution in [2.75, 3.05) is 26.2 Å². The van der Waals surface area contributed by atoms with Crippen LogP contribution in [0.25, 0.3) is 0 Å². The van der Waals surface area contributed by atoms with Crippen LogP contribution in [0.4, 0.5) is 4.79 Å². The molecule has 4 rings (SSSR count). The van der Waals surface area contributed by atoms with Crippen LogP contribution in [-0.2, 0) is 0 Å². The maximum absolute atomic E-state index is 12.7. The second kappa shape index (κ2) is 8.94. The molecule has 0 radical (unpaired) electrons. The molecule has 30 heavy (non-hydrogen) atoms. The fourth-order valence-electron chi connectivity index (χ4n) is 5.55. The minimum Gasteiger partial charge on any atom is -0.338 e. The molecule has 0 bridgehead atoms. The van der Waals surface area contributed by atoms with E-state index in [4.69, 9.17) is 0 Å². The molecule has 1 aromatic rings. The summed E-state index contributed by atoms with van der Waals surface area (Å²) in [4.78, 5) is 29.0. The zero-order valence-electron chi connectivity index (χ0n) is 18.5. The molecular formula is C22H36N6O2. The van der Waals surface area contributed by atoms with Crippen LogP contribution in [0.2, 0.25) is 0 Å². The van der Waals surface area contributed by atoms with Crippen LogP contribution in [0.5, 0.6) is 0 Å². The second-order valence-corrected chi connectivity index (χ2v) is 9.25. The van der Waals surface area contributed by atoms with Crippen LogP contribution in [0.1, 0.15) is 88.2 Å². The molecule has 1 N–H and O–H groups in total. The lowest BCUT2D eigenvalue weighted by atomic mass is 9.59. The Hall–Kier alpha value is -2.12. The molecule has 3 fully saturated rings. The highest BCUT2D eigenvalue weighted by molar-refractivity contribution is 5.91. The molecule has 166 valence electrons. The number of piperidine rings is 1. The Bertz CT molecular complexity index is 745. The Morgan fingerprint density at radius 1 is 1.10 bits per heavy atom. The summed E-state index contributed by atoms with van der Waals surface area (Å²) in [7, 11) is 0. The number of nitrogens with zero attached hydrogens (tertiary/aromatic N) is 5. The summed E-state index contributed by atoms with van der Waals surface area (Å²) in [6, 6.07) is 0.753. The predicted octanol–water partition coefficient (Wildman–Crippen LogP) is 3.22. The fourth-order valence-corrected chi connectivity index (χ4v) is 5.55. The van der Waals surface area contributed by atoms with Crippen molar-refractivity contribution in [3.05, 3.63) is 11.9 Å². The fraction of sp³-hybridized carbons (Fsp3) is 0.818. The average molecular weight is 417 g/mol. The molecule has 8 heteroatoms. The lowest BCUT2D eigenvalue weighted by molar-refractivity contribution is -0.0231. The molecule has 2 aliphatic carbocycles. The van der Waals surface area contributed by atoms with Gasteiger partial charge in [0.05, 0.1) is 12.2 Å². The summed E-state index contributed by atoms with van der Waals surface area (Å²) in [5.41, 5.74) is 0.621. The van der Waals surface area contributed by atoms with Gasteiger partial charge in [-0.2, -0.15) is 0 Å². The number of likely N-dealkylation sites (tertiary alicyclic amines) is 1. The molecule has 1 aromatic heterocycles. The van der Waals surface area contributed by atoms with E-state index in [9.17, 15) is 9.59 Å². The van der Waals surface area contributed by atoms with Gasteiger partial charge in [0.25, 0.3) is 5.91 Å². The lowest BCUT2D eigenvalue weighted by Crippen LogP contribution is -2.54. The first-order chi connectivity index (χ1) is 14.6. The van der Waals surface area contributed by atoms with E-state index in [1.165, 1.54) is 19.3 Å². The van der Waals surface area contributed by atoms with Crippen LogP contribution in [0.15, 0.2) is 6.20 Å². The maximum atomic E-state index is 12.7. The maximum Gasteiger partial charge on any atom is 0.317 e. The third-order valence-electron chi connectivity index (χ3n) is 7.70. The number of hydrogen-bond donors (Lipinski definition) is 1. The number of rotatable bonds is 5. The Kier molecular flexibility index (Phi) is 6.29. The van der Waals surface area contributed by atoms with Crippen molar-refractivity contribution in [1.29, 1.82) is 0 Å². The first-order valence-corrected chi connectivity index (χ1v) is 11.8. The summed E-state index contributed by atoms with van der Waals surface area (Å²) in [6.07, 6.45) is 12.0. The van der Waals surface area contributed by atoms with Crippen LogP contribution in [-0.4, -0.2) is 69.0 Å². The predicted molar refractivity (Wildman–Crippen MR) is 114 cm³/mol.